The second-order valence-electron chi connectivity index (χ2n) is 5.84. The number of urea groups is 1. The molecular formula is C16H16F3N5O2. The molecule has 1 saturated heterocycles. The maximum Gasteiger partial charge on any atom is 0.435 e. The van der Waals surface area contributed by atoms with E-state index in [4.69, 9.17) is 0 Å². The number of nitrogens with zero attached hydrogens (tertiary/aromatic N) is 2. The van der Waals surface area contributed by atoms with Crippen LogP contribution in [0.25, 0.3) is 11.3 Å². The molecule has 2 heterocycles. The summed E-state index contributed by atoms with van der Waals surface area (Å²) in [4.78, 5) is 23.3. The van der Waals surface area contributed by atoms with E-state index < -0.39 is 23.9 Å². The van der Waals surface area contributed by atoms with Crippen LogP contribution < -0.4 is 16.0 Å². The number of rotatable bonds is 3. The molecule has 10 heteroatoms. The first-order chi connectivity index (χ1) is 12.2. The van der Waals surface area contributed by atoms with Gasteiger partial charge in [0.15, 0.2) is 5.69 Å². The highest BCUT2D eigenvalue weighted by molar-refractivity contribution is 5.94. The summed E-state index contributed by atoms with van der Waals surface area (Å²) in [6.07, 6.45) is -3.99. The number of hydrogen-bond acceptors (Lipinski definition) is 3. The van der Waals surface area contributed by atoms with Gasteiger partial charge in [-0.1, -0.05) is 12.1 Å². The lowest BCUT2D eigenvalue weighted by Crippen LogP contribution is -2.42. The van der Waals surface area contributed by atoms with E-state index in [2.05, 4.69) is 21.0 Å². The van der Waals surface area contributed by atoms with Gasteiger partial charge in [-0.3, -0.25) is 9.48 Å². The van der Waals surface area contributed by atoms with E-state index in [1.165, 1.54) is 7.05 Å². The highest BCUT2D eigenvalue weighted by Gasteiger charge is 2.34. The molecule has 7 nitrogen and oxygen atoms in total. The zero-order chi connectivity index (χ0) is 18.9. The Kier molecular flexibility index (Phi) is 4.58. The van der Waals surface area contributed by atoms with Crippen molar-refractivity contribution in [2.45, 2.75) is 18.6 Å². The van der Waals surface area contributed by atoms with E-state index in [1.54, 1.807) is 24.3 Å². The second kappa shape index (κ2) is 6.70. The molecule has 1 fully saturated rings. The summed E-state index contributed by atoms with van der Waals surface area (Å²) in [6, 6.07) is 6.15. The van der Waals surface area contributed by atoms with Crippen molar-refractivity contribution >= 4 is 17.6 Å². The number of aromatic nitrogens is 2. The Morgan fingerprint density at radius 2 is 2.00 bits per heavy atom. The molecule has 1 aliphatic rings. The van der Waals surface area contributed by atoms with Gasteiger partial charge in [0.25, 0.3) is 0 Å². The molecule has 1 aliphatic heterocycles. The Bertz CT molecular complexity index is 829. The fraction of sp³-hybridized carbons (Fsp3) is 0.312. The van der Waals surface area contributed by atoms with Gasteiger partial charge in [-0.2, -0.15) is 18.3 Å². The summed E-state index contributed by atoms with van der Waals surface area (Å²) in [5.74, 6) is -0.229. The maximum atomic E-state index is 12.7. The number of anilines is 1. The fourth-order valence-electron chi connectivity index (χ4n) is 2.66. The first-order valence-corrected chi connectivity index (χ1v) is 7.81. The van der Waals surface area contributed by atoms with Crippen molar-refractivity contribution in [3.8, 4) is 11.3 Å². The smallest absolute Gasteiger partial charge is 0.354 e. The van der Waals surface area contributed by atoms with Crippen molar-refractivity contribution in [2.24, 2.45) is 7.05 Å². The van der Waals surface area contributed by atoms with Crippen molar-refractivity contribution in [2.75, 3.05) is 11.9 Å². The van der Waals surface area contributed by atoms with E-state index in [0.29, 0.717) is 29.9 Å². The molecule has 26 heavy (non-hydrogen) atoms. The molecule has 1 aromatic carbocycles. The second-order valence-corrected chi connectivity index (χ2v) is 5.84. The van der Waals surface area contributed by atoms with Gasteiger partial charge in [0, 0.05) is 19.3 Å². The van der Waals surface area contributed by atoms with Crippen molar-refractivity contribution in [3.63, 3.8) is 0 Å². The largest absolute Gasteiger partial charge is 0.435 e. The average Bonchev–Trinajstić information content (AvgIpc) is 3.14. The van der Waals surface area contributed by atoms with Gasteiger partial charge in [0.05, 0.1) is 5.69 Å². The van der Waals surface area contributed by atoms with Crippen molar-refractivity contribution in [1.29, 1.82) is 0 Å². The molecule has 2 aromatic rings. The lowest BCUT2D eigenvalue weighted by atomic mass is 10.1. The van der Waals surface area contributed by atoms with Gasteiger partial charge in [-0.15, -0.1) is 0 Å². The van der Waals surface area contributed by atoms with Gasteiger partial charge in [0.1, 0.15) is 6.04 Å². The summed E-state index contributed by atoms with van der Waals surface area (Å²) < 4.78 is 39.4. The normalized spacial score (nSPS) is 17.1. The summed E-state index contributed by atoms with van der Waals surface area (Å²) in [7, 11) is 1.43. The number of carbonyl (C=O) groups excluding carboxylic acids is 2. The monoisotopic (exact) mass is 367 g/mol. The van der Waals surface area contributed by atoms with Crippen molar-refractivity contribution < 1.29 is 22.8 Å². The molecule has 0 bridgehead atoms. The van der Waals surface area contributed by atoms with Gasteiger partial charge in [-0.05, 0) is 30.2 Å². The quantitative estimate of drug-likeness (QED) is 0.777. The Balaban J connectivity index is 1.68. The first kappa shape index (κ1) is 17.8. The molecule has 138 valence electrons. The van der Waals surface area contributed by atoms with Crippen LogP contribution in [0.15, 0.2) is 30.3 Å². The Hall–Kier alpha value is -3.04. The zero-order valence-electron chi connectivity index (χ0n) is 13.7. The predicted molar refractivity (Wildman–Crippen MR) is 87.2 cm³/mol. The molecule has 0 saturated carbocycles. The topological polar surface area (TPSA) is 88.1 Å². The molecule has 0 radical (unpaired) electrons. The van der Waals surface area contributed by atoms with Crippen LogP contribution in [0.5, 0.6) is 0 Å². The van der Waals surface area contributed by atoms with Gasteiger partial charge in [0.2, 0.25) is 5.91 Å². The van der Waals surface area contributed by atoms with E-state index in [-0.39, 0.29) is 5.91 Å². The van der Waals surface area contributed by atoms with E-state index >= 15 is 0 Å². The number of amides is 3. The maximum absolute atomic E-state index is 12.7. The van der Waals surface area contributed by atoms with Crippen LogP contribution in [0.2, 0.25) is 0 Å². The van der Waals surface area contributed by atoms with Gasteiger partial charge < -0.3 is 16.0 Å². The predicted octanol–water partition coefficient (Wildman–Crippen LogP) is 2.12. The minimum atomic E-state index is -4.51. The van der Waals surface area contributed by atoms with E-state index in [9.17, 15) is 22.8 Å². The van der Waals surface area contributed by atoms with Crippen LogP contribution in [0, 0.1) is 0 Å². The molecule has 0 spiro atoms. The molecule has 3 amide bonds. The molecule has 3 rings (SSSR count). The number of carbonyl (C=O) groups is 2. The summed E-state index contributed by atoms with van der Waals surface area (Å²) in [5.41, 5.74) is 0.307. The molecular weight excluding hydrogens is 351 g/mol. The van der Waals surface area contributed by atoms with Crippen LogP contribution in [-0.4, -0.2) is 34.3 Å². The molecule has 1 aromatic heterocycles. The third-order valence-corrected chi connectivity index (χ3v) is 3.96. The van der Waals surface area contributed by atoms with E-state index in [0.717, 1.165) is 10.7 Å². The lowest BCUT2D eigenvalue weighted by Gasteiger charge is -2.11. The number of halogens is 3. The van der Waals surface area contributed by atoms with Crippen LogP contribution in [0.4, 0.5) is 23.7 Å². The third kappa shape index (κ3) is 3.79. The number of hydrogen-bond donors (Lipinski definition) is 3. The summed E-state index contributed by atoms with van der Waals surface area (Å²) >= 11 is 0. The van der Waals surface area contributed by atoms with Gasteiger partial charge >= 0.3 is 12.2 Å². The minimum absolute atomic E-state index is 0.229. The van der Waals surface area contributed by atoms with Crippen LogP contribution in [0.3, 0.4) is 0 Å². The standard InChI is InChI=1S/C16H16F3N5O2/c1-24-12(8-13(23-24)16(17,18)19)9-2-4-10(5-3-9)21-15(26)22-11-6-7-20-14(11)25/h2-5,8,11H,6-7H2,1H3,(H,20,25)(H2,21,22,26). The molecule has 0 aliphatic carbocycles. The summed E-state index contributed by atoms with van der Waals surface area (Å²) in [6.45, 7) is 0.517. The Morgan fingerprint density at radius 3 is 2.54 bits per heavy atom. The fourth-order valence-corrected chi connectivity index (χ4v) is 2.66. The van der Waals surface area contributed by atoms with Crippen molar-refractivity contribution in [1.82, 2.24) is 20.4 Å². The number of benzene rings is 1. The van der Waals surface area contributed by atoms with Gasteiger partial charge in [-0.25, -0.2) is 4.79 Å². The first-order valence-electron chi connectivity index (χ1n) is 7.81. The Morgan fingerprint density at radius 1 is 1.31 bits per heavy atom. The van der Waals surface area contributed by atoms with Crippen LogP contribution >= 0.6 is 0 Å². The molecule has 1 atom stereocenters. The zero-order valence-corrected chi connectivity index (χ0v) is 13.7. The average molecular weight is 367 g/mol. The molecule has 3 N–H and O–H groups in total. The number of aryl methyl sites for hydroxylation is 1. The summed E-state index contributed by atoms with van der Waals surface area (Å²) in [5, 5.41) is 11.2. The number of alkyl halides is 3. The van der Waals surface area contributed by atoms with E-state index in [1.807, 2.05) is 0 Å². The SMILES string of the molecule is Cn1nc(C(F)(F)F)cc1-c1ccc(NC(=O)NC2CCNC2=O)cc1. The van der Waals surface area contributed by atoms with Crippen LogP contribution in [-0.2, 0) is 18.0 Å². The van der Waals surface area contributed by atoms with Crippen molar-refractivity contribution in [3.05, 3.63) is 36.0 Å². The minimum Gasteiger partial charge on any atom is -0.354 e. The number of nitrogens with one attached hydrogen (secondary N) is 3. The highest BCUT2D eigenvalue weighted by atomic mass is 19.4. The lowest BCUT2D eigenvalue weighted by molar-refractivity contribution is -0.141. The Labute approximate surface area is 146 Å². The highest BCUT2D eigenvalue weighted by Crippen LogP contribution is 2.31. The third-order valence-electron chi connectivity index (χ3n) is 3.96. The van der Waals surface area contributed by atoms with Crippen LogP contribution in [0.1, 0.15) is 12.1 Å². The molecule has 1 unspecified atom stereocenters.